The molecule has 1 atom stereocenters. The van der Waals surface area contributed by atoms with Crippen LogP contribution in [-0.4, -0.2) is 53.5 Å². The quantitative estimate of drug-likeness (QED) is 0.442. The zero-order chi connectivity index (χ0) is 28.4. The summed E-state index contributed by atoms with van der Waals surface area (Å²) in [6.45, 7) is 4.77. The number of rotatable bonds is 8. The van der Waals surface area contributed by atoms with Crippen LogP contribution in [0.1, 0.15) is 42.3 Å². The summed E-state index contributed by atoms with van der Waals surface area (Å²) in [5.41, 5.74) is 0.934. The third kappa shape index (κ3) is 6.49. The summed E-state index contributed by atoms with van der Waals surface area (Å²) in [5.74, 6) is -1.85. The molecule has 3 aromatic carbocycles. The Hall–Kier alpha value is -3.69. The number of nitrogens with zero attached hydrogens (tertiary/aromatic N) is 2. The SMILES string of the molecule is CC(C)(C)NC(=O)[C@@H](Cc1ccccc1)N(Cc1ccc(Cl)cc1)C(=O)CN1C(=O)c2ccccc2S1(=O)=O. The van der Waals surface area contributed by atoms with Crippen molar-refractivity contribution in [1.29, 1.82) is 0 Å². The second-order valence-corrected chi connectivity index (χ2v) is 12.7. The van der Waals surface area contributed by atoms with E-state index in [1.807, 2.05) is 51.1 Å². The van der Waals surface area contributed by atoms with Crippen LogP contribution in [0.5, 0.6) is 0 Å². The van der Waals surface area contributed by atoms with Gasteiger partial charge in [0.2, 0.25) is 11.8 Å². The molecule has 3 amide bonds. The predicted octanol–water partition coefficient (Wildman–Crippen LogP) is 4.04. The molecule has 0 aliphatic carbocycles. The van der Waals surface area contributed by atoms with Gasteiger partial charge in [-0.05, 0) is 56.2 Å². The summed E-state index contributed by atoms with van der Waals surface area (Å²) in [6.07, 6.45) is 0.184. The van der Waals surface area contributed by atoms with Gasteiger partial charge in [0.1, 0.15) is 17.5 Å². The van der Waals surface area contributed by atoms with Gasteiger partial charge >= 0.3 is 0 Å². The minimum atomic E-state index is -4.22. The van der Waals surface area contributed by atoms with E-state index in [0.29, 0.717) is 14.9 Å². The fourth-order valence-corrected chi connectivity index (χ4v) is 6.04. The van der Waals surface area contributed by atoms with E-state index in [1.54, 1.807) is 30.3 Å². The third-order valence-corrected chi connectivity index (χ3v) is 8.27. The lowest BCUT2D eigenvalue weighted by molar-refractivity contribution is -0.141. The Balaban J connectivity index is 1.72. The van der Waals surface area contributed by atoms with E-state index in [0.717, 1.165) is 5.56 Å². The van der Waals surface area contributed by atoms with Gasteiger partial charge in [0.05, 0.1) is 5.56 Å². The molecule has 0 radical (unpaired) electrons. The molecule has 4 rings (SSSR count). The molecule has 1 aliphatic heterocycles. The fraction of sp³-hybridized carbons (Fsp3) is 0.276. The van der Waals surface area contributed by atoms with E-state index < -0.39 is 45.9 Å². The zero-order valence-electron chi connectivity index (χ0n) is 21.9. The molecule has 0 fully saturated rings. The van der Waals surface area contributed by atoms with Crippen molar-refractivity contribution in [2.45, 2.75) is 50.2 Å². The second kappa shape index (κ2) is 11.2. The summed E-state index contributed by atoms with van der Waals surface area (Å²) in [7, 11) is -4.22. The Morgan fingerprint density at radius 1 is 0.923 bits per heavy atom. The lowest BCUT2D eigenvalue weighted by atomic mass is 10.0. The highest BCUT2D eigenvalue weighted by molar-refractivity contribution is 7.90. The molecule has 0 saturated heterocycles. The number of amides is 3. The Morgan fingerprint density at radius 2 is 1.54 bits per heavy atom. The van der Waals surface area contributed by atoms with Gasteiger partial charge < -0.3 is 10.2 Å². The number of carbonyl (C=O) groups excluding carboxylic acids is 3. The largest absolute Gasteiger partial charge is 0.350 e. The summed E-state index contributed by atoms with van der Waals surface area (Å²) in [6, 6.07) is 20.9. The van der Waals surface area contributed by atoms with Crippen molar-refractivity contribution in [2.75, 3.05) is 6.54 Å². The fourth-order valence-electron chi connectivity index (χ4n) is 4.39. The number of nitrogens with one attached hydrogen (secondary N) is 1. The van der Waals surface area contributed by atoms with Gasteiger partial charge in [-0.1, -0.05) is 66.2 Å². The molecule has 1 heterocycles. The minimum absolute atomic E-state index is 0.0000911. The molecule has 1 aliphatic rings. The van der Waals surface area contributed by atoms with E-state index in [4.69, 9.17) is 11.6 Å². The van der Waals surface area contributed by atoms with Crippen molar-refractivity contribution >= 4 is 39.3 Å². The number of sulfonamides is 1. The molecule has 0 saturated carbocycles. The molecule has 1 N–H and O–H groups in total. The maximum atomic E-state index is 13.9. The van der Waals surface area contributed by atoms with Gasteiger partial charge in [-0.25, -0.2) is 12.7 Å². The maximum absolute atomic E-state index is 13.9. The van der Waals surface area contributed by atoms with E-state index in [-0.39, 0.29) is 23.4 Å². The van der Waals surface area contributed by atoms with Crippen molar-refractivity contribution in [3.63, 3.8) is 0 Å². The normalized spacial score (nSPS) is 15.0. The van der Waals surface area contributed by atoms with Gasteiger partial charge in [0, 0.05) is 23.5 Å². The summed E-state index contributed by atoms with van der Waals surface area (Å²) in [4.78, 5) is 41.8. The van der Waals surface area contributed by atoms with E-state index in [9.17, 15) is 22.8 Å². The van der Waals surface area contributed by atoms with Crippen molar-refractivity contribution in [3.8, 4) is 0 Å². The van der Waals surface area contributed by atoms with Crippen LogP contribution in [0.2, 0.25) is 5.02 Å². The number of hydrogen-bond donors (Lipinski definition) is 1. The van der Waals surface area contributed by atoms with Gasteiger partial charge in [0.15, 0.2) is 0 Å². The number of carbonyl (C=O) groups is 3. The molecule has 10 heteroatoms. The number of benzene rings is 3. The van der Waals surface area contributed by atoms with Crippen molar-refractivity contribution in [3.05, 3.63) is 101 Å². The van der Waals surface area contributed by atoms with Crippen molar-refractivity contribution in [1.82, 2.24) is 14.5 Å². The van der Waals surface area contributed by atoms with Gasteiger partial charge in [-0.3, -0.25) is 14.4 Å². The van der Waals surface area contributed by atoms with Crippen molar-refractivity contribution < 1.29 is 22.8 Å². The molecular weight excluding hydrogens is 538 g/mol. The Kier molecular flexibility index (Phi) is 8.13. The minimum Gasteiger partial charge on any atom is -0.350 e. The molecule has 0 spiro atoms. The Labute approximate surface area is 233 Å². The number of hydrogen-bond acceptors (Lipinski definition) is 5. The molecule has 3 aromatic rings. The van der Waals surface area contributed by atoms with Crippen LogP contribution in [0.3, 0.4) is 0 Å². The number of halogens is 1. The van der Waals surface area contributed by atoms with E-state index >= 15 is 0 Å². The molecular formula is C29H30ClN3O5S. The van der Waals surface area contributed by atoms with E-state index in [1.165, 1.54) is 23.1 Å². The second-order valence-electron chi connectivity index (χ2n) is 10.4. The molecule has 0 unspecified atom stereocenters. The zero-order valence-corrected chi connectivity index (χ0v) is 23.5. The van der Waals surface area contributed by atoms with Crippen LogP contribution in [0.15, 0.2) is 83.8 Å². The van der Waals surface area contributed by atoms with Crippen LogP contribution < -0.4 is 5.32 Å². The van der Waals surface area contributed by atoms with Crippen LogP contribution in [0.4, 0.5) is 0 Å². The summed E-state index contributed by atoms with van der Waals surface area (Å²) in [5, 5.41) is 3.46. The van der Waals surface area contributed by atoms with Crippen LogP contribution in [0, 0.1) is 0 Å². The molecule has 0 bridgehead atoms. The van der Waals surface area contributed by atoms with Crippen LogP contribution in [0.25, 0.3) is 0 Å². The molecule has 8 nitrogen and oxygen atoms in total. The summed E-state index contributed by atoms with van der Waals surface area (Å²) >= 11 is 6.05. The number of fused-ring (bicyclic) bond motifs is 1. The first-order chi connectivity index (χ1) is 18.4. The molecule has 204 valence electrons. The van der Waals surface area contributed by atoms with Gasteiger partial charge in [-0.2, -0.15) is 0 Å². The summed E-state index contributed by atoms with van der Waals surface area (Å²) < 4.78 is 26.9. The molecule has 39 heavy (non-hydrogen) atoms. The highest BCUT2D eigenvalue weighted by atomic mass is 35.5. The van der Waals surface area contributed by atoms with Crippen LogP contribution >= 0.6 is 11.6 Å². The molecule has 0 aromatic heterocycles. The Bertz CT molecular complexity index is 1490. The standard InChI is InChI=1S/C29H30ClN3O5S/c1-29(2,3)31-27(35)24(17-20-9-5-4-6-10-20)32(18-21-13-15-22(30)16-14-21)26(34)19-33-28(36)23-11-7-8-12-25(23)39(33,37)38/h4-16,24H,17-19H2,1-3H3,(H,31,35)/t24-/m1/s1. The third-order valence-electron chi connectivity index (χ3n) is 6.23. The first-order valence-electron chi connectivity index (χ1n) is 12.4. The first kappa shape index (κ1) is 28.3. The predicted molar refractivity (Wildman–Crippen MR) is 148 cm³/mol. The van der Waals surface area contributed by atoms with Crippen LogP contribution in [-0.2, 0) is 32.6 Å². The van der Waals surface area contributed by atoms with Crippen molar-refractivity contribution in [2.24, 2.45) is 0 Å². The van der Waals surface area contributed by atoms with E-state index in [2.05, 4.69) is 5.32 Å². The monoisotopic (exact) mass is 567 g/mol. The van der Waals surface area contributed by atoms with Gasteiger partial charge in [-0.15, -0.1) is 0 Å². The topological polar surface area (TPSA) is 104 Å². The highest BCUT2D eigenvalue weighted by Crippen LogP contribution is 2.30. The maximum Gasteiger partial charge on any atom is 0.269 e. The average molecular weight is 568 g/mol. The van der Waals surface area contributed by atoms with Gasteiger partial charge in [0.25, 0.3) is 15.9 Å². The Morgan fingerprint density at radius 3 is 2.15 bits per heavy atom. The smallest absolute Gasteiger partial charge is 0.269 e. The lowest BCUT2D eigenvalue weighted by Crippen LogP contribution is -2.56. The first-order valence-corrected chi connectivity index (χ1v) is 14.2. The lowest BCUT2D eigenvalue weighted by Gasteiger charge is -2.34. The average Bonchev–Trinajstić information content (AvgIpc) is 3.07. The highest BCUT2D eigenvalue weighted by Gasteiger charge is 2.43.